The molecule has 21 heavy (non-hydrogen) atoms. The highest BCUT2D eigenvalue weighted by Gasteiger charge is 2.21. The summed E-state index contributed by atoms with van der Waals surface area (Å²) in [5, 5.41) is 2.50. The van der Waals surface area contributed by atoms with Crippen LogP contribution in [-0.2, 0) is 19.1 Å². The molecule has 1 aromatic heterocycles. The average molecular weight is 292 g/mol. The summed E-state index contributed by atoms with van der Waals surface area (Å²) in [6.45, 7) is 0. The molecule has 0 bridgehead atoms. The van der Waals surface area contributed by atoms with Gasteiger partial charge in [0.05, 0.1) is 14.2 Å². The van der Waals surface area contributed by atoms with Crippen molar-refractivity contribution in [1.82, 2.24) is 10.3 Å². The molecular weight excluding hydrogens is 276 g/mol. The lowest BCUT2D eigenvalue weighted by Crippen LogP contribution is -2.41. The summed E-state index contributed by atoms with van der Waals surface area (Å²) in [6.07, 6.45) is 4.16. The van der Waals surface area contributed by atoms with E-state index in [4.69, 9.17) is 0 Å². The lowest BCUT2D eigenvalue weighted by molar-refractivity contribution is -0.143. The number of carbonyl (C=O) groups is 3. The quantitative estimate of drug-likeness (QED) is 0.605. The van der Waals surface area contributed by atoms with E-state index in [1.54, 1.807) is 12.1 Å². The zero-order chi connectivity index (χ0) is 15.7. The molecular formula is C14H16N2O5. The van der Waals surface area contributed by atoms with Crippen LogP contribution in [0, 0.1) is 0 Å². The Balaban J connectivity index is 2.70. The molecule has 0 radical (unpaired) electrons. The van der Waals surface area contributed by atoms with Gasteiger partial charge >= 0.3 is 11.9 Å². The third kappa shape index (κ3) is 5.43. The second kappa shape index (κ2) is 8.47. The monoisotopic (exact) mass is 292 g/mol. The Morgan fingerprint density at radius 3 is 2.62 bits per heavy atom. The highest BCUT2D eigenvalue weighted by molar-refractivity contribution is 5.95. The molecule has 1 N–H and O–H groups in total. The second-order valence-electron chi connectivity index (χ2n) is 3.93. The first kappa shape index (κ1) is 16.4. The number of carbonyl (C=O) groups excluding carboxylic acids is 3. The zero-order valence-corrected chi connectivity index (χ0v) is 11.7. The van der Waals surface area contributed by atoms with Crippen molar-refractivity contribution in [3.8, 4) is 0 Å². The molecule has 0 saturated heterocycles. The summed E-state index contributed by atoms with van der Waals surface area (Å²) >= 11 is 0. The molecule has 0 unspecified atom stereocenters. The number of methoxy groups -OCH3 is 2. The van der Waals surface area contributed by atoms with Crippen molar-refractivity contribution in [2.24, 2.45) is 0 Å². The molecule has 0 aliphatic rings. The predicted molar refractivity (Wildman–Crippen MR) is 73.3 cm³/mol. The molecule has 112 valence electrons. The maximum atomic E-state index is 11.9. The molecule has 1 heterocycles. The summed E-state index contributed by atoms with van der Waals surface area (Å²) in [4.78, 5) is 38.4. The van der Waals surface area contributed by atoms with Gasteiger partial charge in [0.1, 0.15) is 11.7 Å². The highest BCUT2D eigenvalue weighted by Crippen LogP contribution is 2.01. The number of aromatic nitrogens is 1. The molecule has 0 saturated carbocycles. The van der Waals surface area contributed by atoms with Gasteiger partial charge in [0.15, 0.2) is 0 Å². The number of hydrogen-bond acceptors (Lipinski definition) is 6. The van der Waals surface area contributed by atoms with Crippen molar-refractivity contribution < 1.29 is 23.9 Å². The first-order chi connectivity index (χ1) is 10.1. The summed E-state index contributed by atoms with van der Waals surface area (Å²) in [5.74, 6) is -1.67. The third-order valence-corrected chi connectivity index (χ3v) is 2.52. The fraction of sp³-hybridized carbons (Fsp3) is 0.286. The van der Waals surface area contributed by atoms with Crippen LogP contribution in [0.3, 0.4) is 0 Å². The van der Waals surface area contributed by atoms with E-state index in [2.05, 4.69) is 19.8 Å². The normalized spacial score (nSPS) is 11.7. The van der Waals surface area contributed by atoms with Gasteiger partial charge in [-0.15, -0.1) is 0 Å². The van der Waals surface area contributed by atoms with Crippen LogP contribution < -0.4 is 5.32 Å². The van der Waals surface area contributed by atoms with Gasteiger partial charge in [0, 0.05) is 12.3 Å². The van der Waals surface area contributed by atoms with Gasteiger partial charge in [0.25, 0.3) is 5.91 Å². The Morgan fingerprint density at radius 1 is 1.29 bits per heavy atom. The Hall–Kier alpha value is -2.70. The van der Waals surface area contributed by atoms with E-state index in [1.807, 2.05) is 0 Å². The van der Waals surface area contributed by atoms with Gasteiger partial charge in [-0.3, -0.25) is 9.78 Å². The Morgan fingerprint density at radius 2 is 2.05 bits per heavy atom. The number of nitrogens with zero attached hydrogens (tertiary/aromatic N) is 1. The summed E-state index contributed by atoms with van der Waals surface area (Å²) in [7, 11) is 2.46. The average Bonchev–Trinajstić information content (AvgIpc) is 2.53. The van der Waals surface area contributed by atoms with Crippen LogP contribution >= 0.6 is 0 Å². The lowest BCUT2D eigenvalue weighted by atomic mass is 10.2. The van der Waals surface area contributed by atoms with Gasteiger partial charge in [-0.05, 0) is 18.6 Å². The van der Waals surface area contributed by atoms with Crippen LogP contribution in [0.1, 0.15) is 16.9 Å². The van der Waals surface area contributed by atoms with Gasteiger partial charge in [0.2, 0.25) is 0 Å². The number of nitrogens with one attached hydrogen (secondary N) is 1. The topological polar surface area (TPSA) is 94.6 Å². The molecule has 1 atom stereocenters. The van der Waals surface area contributed by atoms with Gasteiger partial charge < -0.3 is 14.8 Å². The minimum absolute atomic E-state index is 0.0976. The van der Waals surface area contributed by atoms with Crippen LogP contribution in [0.15, 0.2) is 36.5 Å². The Labute approximate surface area is 122 Å². The number of rotatable bonds is 6. The van der Waals surface area contributed by atoms with Gasteiger partial charge in [-0.1, -0.05) is 12.1 Å². The van der Waals surface area contributed by atoms with Crippen LogP contribution in [0.5, 0.6) is 0 Å². The molecule has 1 amide bonds. The van der Waals surface area contributed by atoms with E-state index in [0.29, 0.717) is 0 Å². The highest BCUT2D eigenvalue weighted by atomic mass is 16.5. The molecule has 0 aromatic carbocycles. The maximum absolute atomic E-state index is 11.9. The number of esters is 2. The van der Waals surface area contributed by atoms with Crippen molar-refractivity contribution >= 4 is 17.8 Å². The largest absolute Gasteiger partial charge is 0.467 e. The second-order valence-corrected chi connectivity index (χ2v) is 3.93. The van der Waals surface area contributed by atoms with Crippen molar-refractivity contribution in [3.05, 3.63) is 42.2 Å². The molecule has 0 aliphatic heterocycles. The van der Waals surface area contributed by atoms with E-state index in [0.717, 1.165) is 0 Å². The Bertz CT molecular complexity index is 527. The molecule has 1 aromatic rings. The van der Waals surface area contributed by atoms with Crippen molar-refractivity contribution in [3.63, 3.8) is 0 Å². The van der Waals surface area contributed by atoms with Crippen molar-refractivity contribution in [2.75, 3.05) is 14.2 Å². The van der Waals surface area contributed by atoms with Crippen molar-refractivity contribution in [1.29, 1.82) is 0 Å². The maximum Gasteiger partial charge on any atom is 0.330 e. The first-order valence-electron chi connectivity index (χ1n) is 6.12. The predicted octanol–water partition coefficient (Wildman–Crippen LogP) is 0.472. The molecule has 7 nitrogen and oxygen atoms in total. The lowest BCUT2D eigenvalue weighted by Gasteiger charge is -2.14. The van der Waals surface area contributed by atoms with E-state index in [-0.39, 0.29) is 12.1 Å². The standard InChI is InChI=1S/C14H16N2O5/c1-20-12(17)8-5-7-11(14(19)21-2)16-13(18)10-6-3-4-9-15-10/h3-6,8-9,11H,7H2,1-2H3,(H,16,18)/b8-5+/t11-/m0/s1. The van der Waals surface area contributed by atoms with E-state index in [9.17, 15) is 14.4 Å². The smallest absolute Gasteiger partial charge is 0.330 e. The van der Waals surface area contributed by atoms with Gasteiger partial charge in [-0.2, -0.15) is 0 Å². The fourth-order valence-electron chi connectivity index (χ4n) is 1.45. The Kier molecular flexibility index (Phi) is 6.59. The van der Waals surface area contributed by atoms with Crippen LogP contribution in [0.2, 0.25) is 0 Å². The summed E-state index contributed by atoms with van der Waals surface area (Å²) < 4.78 is 9.04. The molecule has 1 rings (SSSR count). The molecule has 0 aliphatic carbocycles. The van der Waals surface area contributed by atoms with E-state index < -0.39 is 23.9 Å². The zero-order valence-electron chi connectivity index (χ0n) is 11.7. The summed E-state index contributed by atoms with van der Waals surface area (Å²) in [5.41, 5.74) is 0.184. The third-order valence-electron chi connectivity index (χ3n) is 2.52. The minimum Gasteiger partial charge on any atom is -0.467 e. The van der Waals surface area contributed by atoms with E-state index >= 15 is 0 Å². The van der Waals surface area contributed by atoms with Gasteiger partial charge in [-0.25, -0.2) is 9.59 Å². The number of amides is 1. The van der Waals surface area contributed by atoms with E-state index in [1.165, 1.54) is 38.6 Å². The number of pyridine rings is 1. The van der Waals surface area contributed by atoms with Crippen LogP contribution in [0.25, 0.3) is 0 Å². The first-order valence-corrected chi connectivity index (χ1v) is 6.12. The number of ether oxygens (including phenoxy) is 2. The molecule has 0 spiro atoms. The minimum atomic E-state index is -0.912. The molecule has 7 heteroatoms. The van der Waals surface area contributed by atoms with Crippen LogP contribution in [-0.4, -0.2) is 43.1 Å². The number of hydrogen-bond donors (Lipinski definition) is 1. The fourth-order valence-corrected chi connectivity index (χ4v) is 1.45. The van der Waals surface area contributed by atoms with Crippen molar-refractivity contribution in [2.45, 2.75) is 12.5 Å². The SMILES string of the molecule is COC(=O)/C=C/C[C@H](NC(=O)c1ccccn1)C(=O)OC. The summed E-state index contributed by atoms with van der Waals surface area (Å²) in [6, 6.07) is 3.94. The molecule has 0 fully saturated rings. The van der Waals surface area contributed by atoms with Crippen LogP contribution in [0.4, 0.5) is 0 Å².